The standard InChI is InChI=1S/C23H24N4O2S2/c1-3-30-18-8-4-7-17(15-18)22(28)27(13-6-12-26-14-11-24-16-26)23-25-21-19(29-2)9-5-10-20(21)31-23/h4-5,7-11,14-16H,3,6,12-13H2,1-2H3. The van der Waals surface area contributed by atoms with Crippen molar-refractivity contribution in [1.29, 1.82) is 0 Å². The Kier molecular flexibility index (Phi) is 6.89. The first kappa shape index (κ1) is 21.4. The Bertz CT molecular complexity index is 1160. The van der Waals surface area contributed by atoms with Gasteiger partial charge in [0.2, 0.25) is 0 Å². The zero-order valence-corrected chi connectivity index (χ0v) is 19.2. The second-order valence-corrected chi connectivity index (χ2v) is 9.22. The predicted octanol–water partition coefficient (Wildman–Crippen LogP) is 5.35. The highest BCUT2D eigenvalue weighted by molar-refractivity contribution is 7.99. The number of fused-ring (bicyclic) bond motifs is 1. The number of para-hydroxylation sites is 1. The number of thiazole rings is 1. The lowest BCUT2D eigenvalue weighted by Gasteiger charge is -2.20. The number of carbonyl (C=O) groups is 1. The number of rotatable bonds is 9. The topological polar surface area (TPSA) is 60.2 Å². The van der Waals surface area contributed by atoms with Crippen LogP contribution in [0, 0.1) is 0 Å². The lowest BCUT2D eigenvalue weighted by atomic mass is 10.2. The number of imidazole rings is 1. The first-order valence-electron chi connectivity index (χ1n) is 10.1. The van der Waals surface area contributed by atoms with E-state index in [0.29, 0.717) is 23.0 Å². The fourth-order valence-corrected chi connectivity index (χ4v) is 5.07. The van der Waals surface area contributed by atoms with Crippen LogP contribution < -0.4 is 9.64 Å². The average molecular weight is 453 g/mol. The van der Waals surface area contributed by atoms with Crippen molar-refractivity contribution in [2.24, 2.45) is 0 Å². The molecule has 6 nitrogen and oxygen atoms in total. The number of benzene rings is 2. The summed E-state index contributed by atoms with van der Waals surface area (Å²) >= 11 is 3.24. The van der Waals surface area contributed by atoms with E-state index in [4.69, 9.17) is 9.72 Å². The first-order chi connectivity index (χ1) is 15.2. The van der Waals surface area contributed by atoms with E-state index in [1.165, 1.54) is 11.3 Å². The molecule has 8 heteroatoms. The Morgan fingerprint density at radius 1 is 1.26 bits per heavy atom. The Labute approximate surface area is 189 Å². The summed E-state index contributed by atoms with van der Waals surface area (Å²) in [6.45, 7) is 3.45. The molecular formula is C23H24N4O2S2. The summed E-state index contributed by atoms with van der Waals surface area (Å²) in [7, 11) is 1.64. The predicted molar refractivity (Wildman–Crippen MR) is 128 cm³/mol. The molecule has 2 aromatic heterocycles. The number of nitrogens with zero attached hydrogens (tertiary/aromatic N) is 4. The minimum Gasteiger partial charge on any atom is -0.494 e. The van der Waals surface area contributed by atoms with E-state index in [-0.39, 0.29) is 5.91 Å². The number of hydrogen-bond acceptors (Lipinski definition) is 6. The molecule has 4 rings (SSSR count). The molecule has 0 N–H and O–H groups in total. The van der Waals surface area contributed by atoms with Gasteiger partial charge in [-0.3, -0.25) is 9.69 Å². The van der Waals surface area contributed by atoms with Gasteiger partial charge in [0.15, 0.2) is 5.13 Å². The summed E-state index contributed by atoms with van der Waals surface area (Å²) < 4.78 is 8.48. The normalized spacial score (nSPS) is 11.0. The van der Waals surface area contributed by atoms with E-state index < -0.39 is 0 Å². The second kappa shape index (κ2) is 9.98. The number of methoxy groups -OCH3 is 1. The average Bonchev–Trinajstić information content (AvgIpc) is 3.46. The van der Waals surface area contributed by atoms with Crippen LogP contribution in [0.5, 0.6) is 5.75 Å². The van der Waals surface area contributed by atoms with Crippen molar-refractivity contribution < 1.29 is 9.53 Å². The van der Waals surface area contributed by atoms with E-state index in [9.17, 15) is 4.79 Å². The summed E-state index contributed by atoms with van der Waals surface area (Å²) in [6, 6.07) is 13.7. The smallest absolute Gasteiger partial charge is 0.260 e. The number of hydrogen-bond donors (Lipinski definition) is 0. The van der Waals surface area contributed by atoms with Gasteiger partial charge in [-0.2, -0.15) is 0 Å². The van der Waals surface area contributed by atoms with E-state index in [0.717, 1.165) is 33.8 Å². The lowest BCUT2D eigenvalue weighted by molar-refractivity contribution is 0.0986. The van der Waals surface area contributed by atoms with Crippen molar-refractivity contribution in [3.8, 4) is 5.75 Å². The Balaban J connectivity index is 1.65. The molecule has 160 valence electrons. The fourth-order valence-electron chi connectivity index (χ4n) is 3.35. The van der Waals surface area contributed by atoms with Gasteiger partial charge in [0.1, 0.15) is 11.3 Å². The number of thioether (sulfide) groups is 1. The lowest BCUT2D eigenvalue weighted by Crippen LogP contribution is -2.32. The highest BCUT2D eigenvalue weighted by atomic mass is 32.2. The van der Waals surface area contributed by atoms with Gasteiger partial charge in [0.25, 0.3) is 5.91 Å². The van der Waals surface area contributed by atoms with Crippen LogP contribution in [0.1, 0.15) is 23.7 Å². The molecule has 2 heterocycles. The van der Waals surface area contributed by atoms with Gasteiger partial charge in [-0.15, -0.1) is 11.8 Å². The van der Waals surface area contributed by atoms with Gasteiger partial charge < -0.3 is 9.30 Å². The molecule has 0 atom stereocenters. The highest BCUT2D eigenvalue weighted by Gasteiger charge is 2.22. The van der Waals surface area contributed by atoms with E-state index in [1.807, 2.05) is 53.2 Å². The van der Waals surface area contributed by atoms with Crippen LogP contribution in [0.25, 0.3) is 10.2 Å². The van der Waals surface area contributed by atoms with E-state index >= 15 is 0 Å². The monoisotopic (exact) mass is 452 g/mol. The van der Waals surface area contributed by atoms with E-state index in [1.54, 1.807) is 36.3 Å². The van der Waals surface area contributed by atoms with Crippen LogP contribution >= 0.6 is 23.1 Å². The van der Waals surface area contributed by atoms with Crippen LogP contribution in [-0.4, -0.2) is 39.8 Å². The summed E-state index contributed by atoms with van der Waals surface area (Å²) in [4.78, 5) is 25.3. The molecular weight excluding hydrogens is 428 g/mol. The Morgan fingerprint density at radius 2 is 2.13 bits per heavy atom. The molecule has 4 aromatic rings. The maximum absolute atomic E-state index is 13.6. The van der Waals surface area contributed by atoms with Gasteiger partial charge in [0, 0.05) is 35.9 Å². The number of amides is 1. The molecule has 0 saturated carbocycles. The zero-order chi connectivity index (χ0) is 21.6. The van der Waals surface area contributed by atoms with Crippen LogP contribution in [-0.2, 0) is 6.54 Å². The Hall–Kier alpha value is -2.84. The summed E-state index contributed by atoms with van der Waals surface area (Å²) in [6.07, 6.45) is 6.28. The molecule has 0 aliphatic heterocycles. The van der Waals surface area contributed by atoms with Gasteiger partial charge in [-0.1, -0.05) is 30.4 Å². The van der Waals surface area contributed by atoms with Crippen molar-refractivity contribution in [1.82, 2.24) is 14.5 Å². The van der Waals surface area contributed by atoms with Crippen molar-refractivity contribution in [2.75, 3.05) is 24.3 Å². The van der Waals surface area contributed by atoms with Crippen LogP contribution in [0.4, 0.5) is 5.13 Å². The molecule has 0 fully saturated rings. The summed E-state index contributed by atoms with van der Waals surface area (Å²) in [5.41, 5.74) is 1.46. The minimum atomic E-state index is -0.0396. The van der Waals surface area contributed by atoms with Crippen molar-refractivity contribution in [3.63, 3.8) is 0 Å². The molecule has 0 aliphatic rings. The number of ether oxygens (including phenoxy) is 1. The van der Waals surface area contributed by atoms with Crippen molar-refractivity contribution in [3.05, 3.63) is 66.7 Å². The third kappa shape index (κ3) is 4.91. The molecule has 2 aromatic carbocycles. The maximum Gasteiger partial charge on any atom is 0.260 e. The second-order valence-electron chi connectivity index (χ2n) is 6.88. The maximum atomic E-state index is 13.6. The van der Waals surface area contributed by atoms with Gasteiger partial charge >= 0.3 is 0 Å². The summed E-state index contributed by atoms with van der Waals surface area (Å²) in [5.74, 6) is 1.64. The molecule has 0 bridgehead atoms. The number of anilines is 1. The van der Waals surface area contributed by atoms with Crippen molar-refractivity contribution >= 4 is 44.4 Å². The van der Waals surface area contributed by atoms with Gasteiger partial charge in [0.05, 0.1) is 18.1 Å². The van der Waals surface area contributed by atoms with Crippen LogP contribution in [0.15, 0.2) is 66.1 Å². The number of aromatic nitrogens is 3. The molecule has 0 aliphatic carbocycles. The third-order valence-corrected chi connectivity index (χ3v) is 6.74. The minimum absolute atomic E-state index is 0.0396. The largest absolute Gasteiger partial charge is 0.494 e. The molecule has 1 amide bonds. The zero-order valence-electron chi connectivity index (χ0n) is 17.5. The van der Waals surface area contributed by atoms with Gasteiger partial charge in [-0.05, 0) is 42.5 Å². The number of carbonyl (C=O) groups excluding carboxylic acids is 1. The molecule has 0 saturated heterocycles. The third-order valence-electron chi connectivity index (χ3n) is 4.82. The molecule has 0 spiro atoms. The number of aryl methyl sites for hydroxylation is 1. The summed E-state index contributed by atoms with van der Waals surface area (Å²) in [5, 5.41) is 0.684. The highest BCUT2D eigenvalue weighted by Crippen LogP contribution is 2.35. The van der Waals surface area contributed by atoms with Crippen LogP contribution in [0.3, 0.4) is 0 Å². The Morgan fingerprint density at radius 3 is 2.90 bits per heavy atom. The van der Waals surface area contributed by atoms with Crippen molar-refractivity contribution in [2.45, 2.75) is 24.8 Å². The first-order valence-corrected chi connectivity index (χ1v) is 11.9. The molecule has 0 unspecified atom stereocenters. The fraction of sp³-hybridized carbons (Fsp3) is 0.261. The molecule has 0 radical (unpaired) electrons. The van der Waals surface area contributed by atoms with Crippen LogP contribution in [0.2, 0.25) is 0 Å². The van der Waals surface area contributed by atoms with Gasteiger partial charge in [-0.25, -0.2) is 9.97 Å². The molecule has 31 heavy (non-hydrogen) atoms. The van der Waals surface area contributed by atoms with E-state index in [2.05, 4.69) is 11.9 Å². The SMILES string of the molecule is CCSc1cccc(C(=O)N(CCCn2ccnc2)c2nc3c(OC)cccc3s2)c1. The quantitative estimate of drug-likeness (QED) is 0.320.